The van der Waals surface area contributed by atoms with Crippen LogP contribution in [0.15, 0.2) is 54.9 Å². The molecule has 3 heterocycles. The van der Waals surface area contributed by atoms with Gasteiger partial charge in [0.05, 0.1) is 12.3 Å². The molecule has 2 aromatic heterocycles. The largest absolute Gasteiger partial charge is 0.493 e. The van der Waals surface area contributed by atoms with Gasteiger partial charge in [0.2, 0.25) is 5.91 Å². The van der Waals surface area contributed by atoms with Gasteiger partial charge >= 0.3 is 0 Å². The van der Waals surface area contributed by atoms with E-state index in [4.69, 9.17) is 4.74 Å². The number of rotatable bonds is 4. The number of carbonyl (C=O) groups excluding carboxylic acids is 1. The van der Waals surface area contributed by atoms with Crippen molar-refractivity contribution < 1.29 is 9.53 Å². The third-order valence-electron chi connectivity index (χ3n) is 4.35. The van der Waals surface area contributed by atoms with Crippen LogP contribution in [-0.2, 0) is 4.79 Å². The van der Waals surface area contributed by atoms with Crippen molar-refractivity contribution in [2.24, 2.45) is 0 Å². The summed E-state index contributed by atoms with van der Waals surface area (Å²) in [4.78, 5) is 16.4. The van der Waals surface area contributed by atoms with E-state index in [1.807, 2.05) is 42.5 Å². The number of hydrogen-bond donors (Lipinski definition) is 2. The Morgan fingerprint density at radius 3 is 2.96 bits per heavy atom. The van der Waals surface area contributed by atoms with Crippen LogP contribution in [0.1, 0.15) is 24.3 Å². The van der Waals surface area contributed by atoms with Gasteiger partial charge in [-0.1, -0.05) is 18.2 Å². The molecule has 0 saturated carbocycles. The number of H-pyrrole nitrogens is 1. The molecule has 126 valence electrons. The minimum absolute atomic E-state index is 0.0468. The molecule has 6 nitrogen and oxygen atoms in total. The standard InChI is InChI=1S/C19H18N4O2/c24-19(11-14-7-10-25-17-4-2-1-3-15(14)17)21-18-12-16(22-23-18)13-5-8-20-9-6-13/h1-6,8-9,12,14H,7,10-11H2,(H2,21,22,23,24)/t14-/m1/s1. The summed E-state index contributed by atoms with van der Waals surface area (Å²) in [5.41, 5.74) is 2.92. The molecule has 0 radical (unpaired) electrons. The van der Waals surface area contributed by atoms with Crippen molar-refractivity contribution >= 4 is 11.7 Å². The summed E-state index contributed by atoms with van der Waals surface area (Å²) in [6, 6.07) is 13.5. The van der Waals surface area contributed by atoms with Crippen LogP contribution in [-0.4, -0.2) is 27.7 Å². The molecule has 1 aliphatic rings. The summed E-state index contributed by atoms with van der Waals surface area (Å²) in [6.45, 7) is 0.642. The van der Waals surface area contributed by atoms with Gasteiger partial charge in [-0.3, -0.25) is 14.9 Å². The van der Waals surface area contributed by atoms with Crippen LogP contribution in [0.4, 0.5) is 5.82 Å². The maximum Gasteiger partial charge on any atom is 0.226 e. The van der Waals surface area contributed by atoms with E-state index >= 15 is 0 Å². The molecule has 0 saturated heterocycles. The molecule has 1 amide bonds. The number of ether oxygens (including phenoxy) is 1. The van der Waals surface area contributed by atoms with E-state index in [0.29, 0.717) is 18.8 Å². The number of aromatic nitrogens is 3. The van der Waals surface area contributed by atoms with Crippen LogP contribution >= 0.6 is 0 Å². The van der Waals surface area contributed by atoms with Crippen molar-refractivity contribution in [3.63, 3.8) is 0 Å². The molecule has 0 bridgehead atoms. The third kappa shape index (κ3) is 3.38. The van der Waals surface area contributed by atoms with E-state index in [1.165, 1.54) is 0 Å². The van der Waals surface area contributed by atoms with Gasteiger partial charge in [-0.15, -0.1) is 0 Å². The maximum absolute atomic E-state index is 12.4. The molecule has 0 spiro atoms. The first kappa shape index (κ1) is 15.4. The van der Waals surface area contributed by atoms with Crippen molar-refractivity contribution in [2.75, 3.05) is 11.9 Å². The summed E-state index contributed by atoms with van der Waals surface area (Å²) in [5, 5.41) is 9.97. The number of hydrogen-bond acceptors (Lipinski definition) is 4. The lowest BCUT2D eigenvalue weighted by molar-refractivity contribution is -0.116. The number of amides is 1. The molecule has 6 heteroatoms. The normalized spacial score (nSPS) is 15.9. The molecule has 0 aliphatic carbocycles. The van der Waals surface area contributed by atoms with Crippen molar-refractivity contribution in [1.82, 2.24) is 15.2 Å². The number of para-hydroxylation sites is 1. The van der Waals surface area contributed by atoms with E-state index in [9.17, 15) is 4.79 Å². The first-order chi connectivity index (χ1) is 12.3. The molecule has 1 aliphatic heterocycles. The first-order valence-corrected chi connectivity index (χ1v) is 8.27. The Bertz CT molecular complexity index is 876. The van der Waals surface area contributed by atoms with Gasteiger partial charge in [0.15, 0.2) is 5.82 Å². The number of nitrogens with zero attached hydrogens (tertiary/aromatic N) is 2. The van der Waals surface area contributed by atoms with Crippen LogP contribution in [0.25, 0.3) is 11.3 Å². The molecule has 0 fully saturated rings. The average Bonchev–Trinajstić information content (AvgIpc) is 3.11. The highest BCUT2D eigenvalue weighted by molar-refractivity contribution is 5.91. The highest BCUT2D eigenvalue weighted by atomic mass is 16.5. The quantitative estimate of drug-likeness (QED) is 0.766. The van der Waals surface area contributed by atoms with E-state index in [1.54, 1.807) is 12.4 Å². The minimum atomic E-state index is -0.0468. The van der Waals surface area contributed by atoms with Crippen molar-refractivity contribution in [3.05, 3.63) is 60.4 Å². The molecular formula is C19H18N4O2. The predicted octanol–water partition coefficient (Wildman–Crippen LogP) is 3.37. The lowest BCUT2D eigenvalue weighted by atomic mass is 9.90. The van der Waals surface area contributed by atoms with E-state index in [-0.39, 0.29) is 11.8 Å². The Morgan fingerprint density at radius 2 is 2.08 bits per heavy atom. The summed E-state index contributed by atoms with van der Waals surface area (Å²) in [7, 11) is 0. The zero-order valence-electron chi connectivity index (χ0n) is 13.6. The second kappa shape index (κ2) is 6.76. The third-order valence-corrected chi connectivity index (χ3v) is 4.35. The van der Waals surface area contributed by atoms with Crippen LogP contribution < -0.4 is 10.1 Å². The number of aromatic amines is 1. The lowest BCUT2D eigenvalue weighted by Crippen LogP contribution is -2.20. The molecular weight excluding hydrogens is 316 g/mol. The Labute approximate surface area is 145 Å². The van der Waals surface area contributed by atoms with Gasteiger partial charge in [-0.2, -0.15) is 5.10 Å². The highest BCUT2D eigenvalue weighted by Gasteiger charge is 2.23. The Kier molecular flexibility index (Phi) is 4.16. The van der Waals surface area contributed by atoms with E-state index in [0.717, 1.165) is 29.0 Å². The molecule has 0 unspecified atom stereocenters. The Balaban J connectivity index is 1.43. The monoisotopic (exact) mass is 334 g/mol. The van der Waals surface area contributed by atoms with Gasteiger partial charge in [0.1, 0.15) is 5.75 Å². The van der Waals surface area contributed by atoms with Gasteiger partial charge in [-0.05, 0) is 36.1 Å². The zero-order valence-corrected chi connectivity index (χ0v) is 13.6. The van der Waals surface area contributed by atoms with Crippen LogP contribution in [0.5, 0.6) is 5.75 Å². The summed E-state index contributed by atoms with van der Waals surface area (Å²) < 4.78 is 5.65. The summed E-state index contributed by atoms with van der Waals surface area (Å²) in [6.07, 6.45) is 4.69. The van der Waals surface area contributed by atoms with Crippen LogP contribution in [0.3, 0.4) is 0 Å². The molecule has 4 rings (SSSR count). The fraction of sp³-hybridized carbons (Fsp3) is 0.211. The maximum atomic E-state index is 12.4. The molecule has 25 heavy (non-hydrogen) atoms. The number of carbonyl (C=O) groups is 1. The second-order valence-electron chi connectivity index (χ2n) is 6.03. The molecule has 3 aromatic rings. The number of anilines is 1. The van der Waals surface area contributed by atoms with Gasteiger partial charge < -0.3 is 10.1 Å². The molecule has 2 N–H and O–H groups in total. The van der Waals surface area contributed by atoms with Crippen molar-refractivity contribution in [2.45, 2.75) is 18.8 Å². The SMILES string of the molecule is O=C(C[C@H]1CCOc2ccccc21)Nc1cc(-c2ccncc2)[nH]n1. The fourth-order valence-electron chi connectivity index (χ4n) is 3.11. The predicted molar refractivity (Wildman–Crippen MR) is 94.4 cm³/mol. The zero-order chi connectivity index (χ0) is 17.1. The van der Waals surface area contributed by atoms with Gasteiger partial charge in [0, 0.05) is 30.4 Å². The van der Waals surface area contributed by atoms with Crippen LogP contribution in [0.2, 0.25) is 0 Å². The minimum Gasteiger partial charge on any atom is -0.493 e. The molecule has 1 atom stereocenters. The number of benzene rings is 1. The van der Waals surface area contributed by atoms with Gasteiger partial charge in [-0.25, -0.2) is 0 Å². The Morgan fingerprint density at radius 1 is 1.24 bits per heavy atom. The topological polar surface area (TPSA) is 79.9 Å². The lowest BCUT2D eigenvalue weighted by Gasteiger charge is -2.25. The average molecular weight is 334 g/mol. The molecule has 1 aromatic carbocycles. The summed E-state index contributed by atoms with van der Waals surface area (Å²) in [5.74, 6) is 1.53. The van der Waals surface area contributed by atoms with Crippen molar-refractivity contribution in [3.8, 4) is 17.0 Å². The van der Waals surface area contributed by atoms with Crippen LogP contribution in [0, 0.1) is 0 Å². The van der Waals surface area contributed by atoms with E-state index in [2.05, 4.69) is 20.5 Å². The van der Waals surface area contributed by atoms with Gasteiger partial charge in [0.25, 0.3) is 0 Å². The fourth-order valence-corrected chi connectivity index (χ4v) is 3.11. The highest BCUT2D eigenvalue weighted by Crippen LogP contribution is 2.35. The summed E-state index contributed by atoms with van der Waals surface area (Å²) >= 11 is 0. The number of pyridine rings is 1. The Hall–Kier alpha value is -3.15. The van der Waals surface area contributed by atoms with E-state index < -0.39 is 0 Å². The second-order valence-corrected chi connectivity index (χ2v) is 6.03. The van der Waals surface area contributed by atoms with Crippen molar-refractivity contribution in [1.29, 1.82) is 0 Å². The smallest absolute Gasteiger partial charge is 0.226 e. The number of nitrogens with one attached hydrogen (secondary N) is 2. The first-order valence-electron chi connectivity index (χ1n) is 8.27. The number of fused-ring (bicyclic) bond motifs is 1.